The van der Waals surface area contributed by atoms with Crippen LogP contribution in [0, 0.1) is 0 Å². The zero-order valence-electron chi connectivity index (χ0n) is 8.55. The summed E-state index contributed by atoms with van der Waals surface area (Å²) in [6, 6.07) is 0.110. The Bertz CT molecular complexity index is 158. The molecule has 1 fully saturated rings. The Morgan fingerprint density at radius 3 is 2.46 bits per heavy atom. The van der Waals surface area contributed by atoms with Crippen LogP contribution >= 0.6 is 0 Å². The van der Waals surface area contributed by atoms with Crippen molar-refractivity contribution in [1.29, 1.82) is 0 Å². The molecular formula is C9H17NNaO2. The first kappa shape index (κ1) is 13.4. The molecule has 1 radical (unpaired) electrons. The van der Waals surface area contributed by atoms with E-state index in [0.717, 1.165) is 12.8 Å². The normalized spacial score (nSPS) is 19.5. The van der Waals surface area contributed by atoms with Crippen LogP contribution in [0.15, 0.2) is 0 Å². The molecule has 4 heteroatoms. The average Bonchev–Trinajstić information content (AvgIpc) is 2.51. The Hall–Kier alpha value is 0.430. The van der Waals surface area contributed by atoms with Crippen molar-refractivity contribution < 1.29 is 9.90 Å². The second-order valence-electron chi connectivity index (χ2n) is 3.45. The summed E-state index contributed by atoms with van der Waals surface area (Å²) in [7, 11) is 0. The van der Waals surface area contributed by atoms with Gasteiger partial charge in [0, 0.05) is 35.6 Å². The molecule has 1 atom stereocenters. The van der Waals surface area contributed by atoms with Gasteiger partial charge in [-0.2, -0.15) is 0 Å². The molecule has 71 valence electrons. The Kier molecular flexibility index (Phi) is 7.05. The Balaban J connectivity index is 0.00000144. The maximum absolute atomic E-state index is 10.7. The smallest absolute Gasteiger partial charge is 0.320 e. The minimum Gasteiger partial charge on any atom is -0.480 e. The van der Waals surface area contributed by atoms with Crippen LogP contribution in [-0.4, -0.2) is 52.7 Å². The van der Waals surface area contributed by atoms with Crippen molar-refractivity contribution in [2.75, 3.05) is 0 Å². The van der Waals surface area contributed by atoms with Crippen molar-refractivity contribution in [2.45, 2.75) is 51.1 Å². The molecule has 0 spiro atoms. The standard InChI is InChI=1S/C9H17NO2.Na/c1-2-8(9(11)12)10-7-5-3-4-6-7;/h7-8,10H,2-6H2,1H3,(H,11,12);. The summed E-state index contributed by atoms with van der Waals surface area (Å²) in [5.41, 5.74) is 0. The van der Waals surface area contributed by atoms with Crippen LogP contribution in [0.2, 0.25) is 0 Å². The SMILES string of the molecule is CCC(NC1CCCC1)C(=O)O.[Na]. The fraction of sp³-hybridized carbons (Fsp3) is 0.889. The van der Waals surface area contributed by atoms with E-state index in [-0.39, 0.29) is 35.6 Å². The van der Waals surface area contributed by atoms with Gasteiger partial charge in [0.15, 0.2) is 0 Å². The molecule has 1 saturated carbocycles. The number of carbonyl (C=O) groups is 1. The van der Waals surface area contributed by atoms with Crippen molar-refractivity contribution >= 4 is 35.5 Å². The third-order valence-electron chi connectivity index (χ3n) is 2.50. The van der Waals surface area contributed by atoms with Gasteiger partial charge >= 0.3 is 5.97 Å². The van der Waals surface area contributed by atoms with Crippen LogP contribution in [0.25, 0.3) is 0 Å². The van der Waals surface area contributed by atoms with Crippen LogP contribution in [0.3, 0.4) is 0 Å². The van der Waals surface area contributed by atoms with E-state index in [9.17, 15) is 4.79 Å². The van der Waals surface area contributed by atoms with Gasteiger partial charge in [0.25, 0.3) is 0 Å². The molecule has 0 saturated heterocycles. The van der Waals surface area contributed by atoms with E-state index in [2.05, 4.69) is 5.32 Å². The van der Waals surface area contributed by atoms with Crippen molar-refractivity contribution in [2.24, 2.45) is 0 Å². The molecule has 0 aromatic rings. The summed E-state index contributed by atoms with van der Waals surface area (Å²) in [6.07, 6.45) is 5.45. The third kappa shape index (κ3) is 4.45. The number of hydrogen-bond acceptors (Lipinski definition) is 2. The molecule has 0 amide bonds. The van der Waals surface area contributed by atoms with E-state index in [1.54, 1.807) is 0 Å². The molecule has 1 rings (SSSR count). The summed E-state index contributed by atoms with van der Waals surface area (Å²) in [6.45, 7) is 1.90. The van der Waals surface area contributed by atoms with Crippen molar-refractivity contribution in [3.8, 4) is 0 Å². The van der Waals surface area contributed by atoms with Crippen molar-refractivity contribution in [1.82, 2.24) is 5.32 Å². The summed E-state index contributed by atoms with van der Waals surface area (Å²) >= 11 is 0. The number of rotatable bonds is 4. The minimum atomic E-state index is -0.718. The van der Waals surface area contributed by atoms with Gasteiger partial charge in [0.2, 0.25) is 0 Å². The van der Waals surface area contributed by atoms with Crippen LogP contribution in [-0.2, 0) is 4.79 Å². The number of aliphatic carboxylic acids is 1. The second kappa shape index (κ2) is 6.82. The number of hydrogen-bond donors (Lipinski definition) is 2. The first-order valence-corrected chi connectivity index (χ1v) is 4.73. The number of nitrogens with one attached hydrogen (secondary N) is 1. The molecule has 3 nitrogen and oxygen atoms in total. The molecular weight excluding hydrogens is 177 g/mol. The Morgan fingerprint density at radius 2 is 2.08 bits per heavy atom. The first-order valence-electron chi connectivity index (χ1n) is 4.73. The van der Waals surface area contributed by atoms with E-state index >= 15 is 0 Å². The predicted octanol–water partition coefficient (Wildman–Crippen LogP) is 1.00. The van der Waals surface area contributed by atoms with Crippen LogP contribution in [0.4, 0.5) is 0 Å². The van der Waals surface area contributed by atoms with Gasteiger partial charge < -0.3 is 10.4 Å². The molecule has 0 aromatic heterocycles. The monoisotopic (exact) mass is 194 g/mol. The summed E-state index contributed by atoms with van der Waals surface area (Å²) in [5.74, 6) is -0.718. The van der Waals surface area contributed by atoms with Gasteiger partial charge in [-0.1, -0.05) is 19.8 Å². The topological polar surface area (TPSA) is 49.3 Å². The van der Waals surface area contributed by atoms with Gasteiger partial charge in [-0.3, -0.25) is 4.79 Å². The zero-order chi connectivity index (χ0) is 8.97. The molecule has 0 bridgehead atoms. The van der Waals surface area contributed by atoms with E-state index in [1.807, 2.05) is 6.92 Å². The van der Waals surface area contributed by atoms with E-state index < -0.39 is 5.97 Å². The fourth-order valence-electron chi connectivity index (χ4n) is 1.74. The molecule has 0 aliphatic heterocycles. The van der Waals surface area contributed by atoms with Crippen LogP contribution in [0.1, 0.15) is 39.0 Å². The molecule has 1 aliphatic rings. The summed E-state index contributed by atoms with van der Waals surface area (Å²) in [5, 5.41) is 11.9. The van der Waals surface area contributed by atoms with Crippen molar-refractivity contribution in [3.05, 3.63) is 0 Å². The summed E-state index contributed by atoms with van der Waals surface area (Å²) in [4.78, 5) is 10.7. The Labute approximate surface area is 102 Å². The third-order valence-corrected chi connectivity index (χ3v) is 2.50. The van der Waals surface area contributed by atoms with E-state index in [4.69, 9.17) is 5.11 Å². The molecule has 1 unspecified atom stereocenters. The minimum absolute atomic E-state index is 0. The van der Waals surface area contributed by atoms with Gasteiger partial charge in [-0.05, 0) is 19.3 Å². The molecule has 0 heterocycles. The van der Waals surface area contributed by atoms with Gasteiger partial charge in [0.1, 0.15) is 6.04 Å². The van der Waals surface area contributed by atoms with E-state index in [0.29, 0.717) is 12.5 Å². The molecule has 1 aliphatic carbocycles. The quantitative estimate of drug-likeness (QED) is 0.656. The van der Waals surface area contributed by atoms with Gasteiger partial charge in [-0.15, -0.1) is 0 Å². The first-order chi connectivity index (χ1) is 5.74. The number of carboxylic acid groups (broad SMARTS) is 1. The number of carboxylic acids is 1. The predicted molar refractivity (Wildman–Crippen MR) is 52.9 cm³/mol. The van der Waals surface area contributed by atoms with Crippen LogP contribution < -0.4 is 5.32 Å². The Morgan fingerprint density at radius 1 is 1.54 bits per heavy atom. The largest absolute Gasteiger partial charge is 0.480 e. The summed E-state index contributed by atoms with van der Waals surface area (Å²) < 4.78 is 0. The van der Waals surface area contributed by atoms with E-state index in [1.165, 1.54) is 12.8 Å². The molecule has 0 aromatic carbocycles. The zero-order valence-corrected chi connectivity index (χ0v) is 10.5. The van der Waals surface area contributed by atoms with Crippen LogP contribution in [0.5, 0.6) is 0 Å². The second-order valence-corrected chi connectivity index (χ2v) is 3.45. The average molecular weight is 194 g/mol. The van der Waals surface area contributed by atoms with Gasteiger partial charge in [0.05, 0.1) is 0 Å². The maximum Gasteiger partial charge on any atom is 0.320 e. The maximum atomic E-state index is 10.7. The molecule has 13 heavy (non-hydrogen) atoms. The van der Waals surface area contributed by atoms with Crippen molar-refractivity contribution in [3.63, 3.8) is 0 Å². The fourth-order valence-corrected chi connectivity index (χ4v) is 1.74. The van der Waals surface area contributed by atoms with Gasteiger partial charge in [-0.25, -0.2) is 0 Å². The molecule has 2 N–H and O–H groups in total.